The molecule has 0 unspecified atom stereocenters. The van der Waals surface area contributed by atoms with Crippen molar-refractivity contribution in [3.63, 3.8) is 0 Å². The zero-order valence-corrected chi connectivity index (χ0v) is 12.5. The molecule has 3 rings (SSSR count). The standard InChI is InChI=1S/C16H14F2N4O2/c17-15(18)10-22-9-13(8-19-22)20-16(23)7-12-6-14(24-21-12)11-4-2-1-3-5-11/h1-6,8-9,15H,7,10H2,(H,20,23). The van der Waals surface area contributed by atoms with E-state index in [0.717, 1.165) is 10.2 Å². The van der Waals surface area contributed by atoms with Gasteiger partial charge < -0.3 is 9.84 Å². The predicted molar refractivity (Wildman–Crippen MR) is 82.5 cm³/mol. The smallest absolute Gasteiger partial charge is 0.257 e. The van der Waals surface area contributed by atoms with Gasteiger partial charge >= 0.3 is 0 Å². The molecule has 2 heterocycles. The van der Waals surface area contributed by atoms with Crippen molar-refractivity contribution in [2.45, 2.75) is 19.4 Å². The molecule has 6 nitrogen and oxygen atoms in total. The van der Waals surface area contributed by atoms with Crippen LogP contribution in [-0.2, 0) is 17.8 Å². The Morgan fingerprint density at radius 3 is 2.83 bits per heavy atom. The van der Waals surface area contributed by atoms with Crippen molar-refractivity contribution in [3.8, 4) is 11.3 Å². The lowest BCUT2D eigenvalue weighted by atomic mass is 10.1. The van der Waals surface area contributed by atoms with E-state index >= 15 is 0 Å². The van der Waals surface area contributed by atoms with E-state index in [2.05, 4.69) is 15.6 Å². The lowest BCUT2D eigenvalue weighted by molar-refractivity contribution is -0.115. The first kappa shape index (κ1) is 15.9. The Morgan fingerprint density at radius 1 is 1.29 bits per heavy atom. The minimum atomic E-state index is -2.50. The van der Waals surface area contributed by atoms with Crippen molar-refractivity contribution in [1.29, 1.82) is 0 Å². The zero-order valence-electron chi connectivity index (χ0n) is 12.5. The second kappa shape index (κ2) is 7.03. The summed E-state index contributed by atoms with van der Waals surface area (Å²) < 4.78 is 30.8. The molecule has 0 atom stereocenters. The van der Waals surface area contributed by atoms with Crippen LogP contribution in [0.2, 0.25) is 0 Å². The second-order valence-corrected chi connectivity index (χ2v) is 5.12. The van der Waals surface area contributed by atoms with Crippen molar-refractivity contribution in [1.82, 2.24) is 14.9 Å². The minimum absolute atomic E-state index is 0.0103. The molecule has 0 radical (unpaired) electrons. The lowest BCUT2D eigenvalue weighted by Crippen LogP contribution is -2.14. The van der Waals surface area contributed by atoms with Crippen molar-refractivity contribution in [2.24, 2.45) is 0 Å². The number of rotatable bonds is 6. The van der Waals surface area contributed by atoms with Crippen molar-refractivity contribution >= 4 is 11.6 Å². The highest BCUT2D eigenvalue weighted by Crippen LogP contribution is 2.20. The highest BCUT2D eigenvalue weighted by molar-refractivity contribution is 5.91. The Morgan fingerprint density at radius 2 is 2.08 bits per heavy atom. The molecule has 0 saturated carbocycles. The molecule has 0 aliphatic carbocycles. The van der Waals surface area contributed by atoms with Gasteiger partial charge in [-0.3, -0.25) is 9.48 Å². The number of carbonyl (C=O) groups excluding carboxylic acids is 1. The number of halogens is 2. The number of anilines is 1. The minimum Gasteiger partial charge on any atom is -0.356 e. The maximum atomic E-state index is 12.3. The van der Waals surface area contributed by atoms with Crippen LogP contribution in [0.1, 0.15) is 5.69 Å². The number of amides is 1. The van der Waals surface area contributed by atoms with Crippen LogP contribution >= 0.6 is 0 Å². The van der Waals surface area contributed by atoms with E-state index in [0.29, 0.717) is 17.1 Å². The van der Waals surface area contributed by atoms with Gasteiger partial charge in [-0.2, -0.15) is 5.10 Å². The maximum Gasteiger partial charge on any atom is 0.257 e. The molecule has 2 aromatic heterocycles. The quantitative estimate of drug-likeness (QED) is 0.753. The summed E-state index contributed by atoms with van der Waals surface area (Å²) in [5.41, 5.74) is 1.70. The maximum absolute atomic E-state index is 12.3. The fourth-order valence-electron chi connectivity index (χ4n) is 2.17. The third kappa shape index (κ3) is 4.03. The van der Waals surface area contributed by atoms with Crippen molar-refractivity contribution < 1.29 is 18.1 Å². The number of hydrogen-bond donors (Lipinski definition) is 1. The second-order valence-electron chi connectivity index (χ2n) is 5.12. The van der Waals surface area contributed by atoms with Gasteiger partial charge in [0.2, 0.25) is 5.91 Å². The third-order valence-electron chi connectivity index (χ3n) is 3.20. The van der Waals surface area contributed by atoms with Gasteiger partial charge in [0.15, 0.2) is 5.76 Å². The SMILES string of the molecule is O=C(Cc1cc(-c2ccccc2)on1)Nc1cnn(CC(F)F)c1. The number of aromatic nitrogens is 3. The van der Waals surface area contributed by atoms with Crippen LogP contribution in [0.5, 0.6) is 0 Å². The molecule has 24 heavy (non-hydrogen) atoms. The Hall–Kier alpha value is -3.03. The first-order valence-corrected chi connectivity index (χ1v) is 7.21. The van der Waals surface area contributed by atoms with Gasteiger partial charge in [-0.25, -0.2) is 8.78 Å². The molecular weight excluding hydrogens is 318 g/mol. The molecule has 1 N–H and O–H groups in total. The van der Waals surface area contributed by atoms with Crippen molar-refractivity contribution in [2.75, 3.05) is 5.32 Å². The molecular formula is C16H14F2N4O2. The van der Waals surface area contributed by atoms with E-state index in [1.54, 1.807) is 6.07 Å². The number of hydrogen-bond acceptors (Lipinski definition) is 4. The predicted octanol–water partition coefficient (Wildman–Crippen LogP) is 2.98. The van der Waals surface area contributed by atoms with Crippen LogP contribution in [0.25, 0.3) is 11.3 Å². The molecule has 0 aliphatic rings. The third-order valence-corrected chi connectivity index (χ3v) is 3.20. The normalized spacial score (nSPS) is 11.0. The summed E-state index contributed by atoms with van der Waals surface area (Å²) in [5, 5.41) is 10.2. The molecule has 0 bridgehead atoms. The molecule has 8 heteroatoms. The fourth-order valence-corrected chi connectivity index (χ4v) is 2.17. The topological polar surface area (TPSA) is 73.0 Å². The average molecular weight is 332 g/mol. The summed E-state index contributed by atoms with van der Waals surface area (Å²) in [7, 11) is 0. The molecule has 1 amide bonds. The van der Waals surface area contributed by atoms with Crippen LogP contribution < -0.4 is 5.32 Å². The molecule has 0 fully saturated rings. The van der Waals surface area contributed by atoms with Crippen LogP contribution in [0.4, 0.5) is 14.5 Å². The highest BCUT2D eigenvalue weighted by Gasteiger charge is 2.12. The summed E-state index contributed by atoms with van der Waals surface area (Å²) in [6, 6.07) is 11.1. The Balaban J connectivity index is 1.59. The van der Waals surface area contributed by atoms with Crippen LogP contribution in [0.15, 0.2) is 53.3 Å². The van der Waals surface area contributed by atoms with Gasteiger partial charge in [0.25, 0.3) is 6.43 Å². The molecule has 124 valence electrons. The Labute approximate surface area is 136 Å². The summed E-state index contributed by atoms with van der Waals surface area (Å²) in [4.78, 5) is 12.0. The van der Waals surface area contributed by atoms with E-state index in [1.807, 2.05) is 30.3 Å². The molecule has 0 saturated heterocycles. The van der Waals surface area contributed by atoms with Gasteiger partial charge in [0.1, 0.15) is 6.54 Å². The van der Waals surface area contributed by atoms with Gasteiger partial charge in [-0.1, -0.05) is 35.5 Å². The zero-order chi connectivity index (χ0) is 16.9. The van der Waals surface area contributed by atoms with Crippen LogP contribution in [0, 0.1) is 0 Å². The molecule has 0 spiro atoms. The lowest BCUT2D eigenvalue weighted by Gasteiger charge is -2.00. The van der Waals surface area contributed by atoms with Crippen LogP contribution in [0.3, 0.4) is 0 Å². The first-order chi connectivity index (χ1) is 11.6. The average Bonchev–Trinajstić information content (AvgIpc) is 3.17. The number of alkyl halides is 2. The number of nitrogens with zero attached hydrogens (tertiary/aromatic N) is 3. The summed E-state index contributed by atoms with van der Waals surface area (Å²) in [6.45, 7) is -0.514. The number of nitrogens with one attached hydrogen (secondary N) is 1. The Bertz CT molecular complexity index is 814. The van der Waals surface area contributed by atoms with Gasteiger partial charge in [-0.15, -0.1) is 0 Å². The molecule has 3 aromatic rings. The van der Waals surface area contributed by atoms with Gasteiger partial charge in [0, 0.05) is 17.8 Å². The number of carbonyl (C=O) groups is 1. The monoisotopic (exact) mass is 332 g/mol. The van der Waals surface area contributed by atoms with Crippen molar-refractivity contribution in [3.05, 3.63) is 54.5 Å². The summed E-state index contributed by atoms with van der Waals surface area (Å²) >= 11 is 0. The fraction of sp³-hybridized carbons (Fsp3) is 0.188. The molecule has 0 aliphatic heterocycles. The highest BCUT2D eigenvalue weighted by atomic mass is 19.3. The Kier molecular flexibility index (Phi) is 4.64. The summed E-state index contributed by atoms with van der Waals surface area (Å²) in [6.07, 6.45) is 0.178. The van der Waals surface area contributed by atoms with E-state index in [-0.39, 0.29) is 12.3 Å². The van der Waals surface area contributed by atoms with E-state index in [4.69, 9.17) is 4.52 Å². The number of benzene rings is 1. The van der Waals surface area contributed by atoms with E-state index < -0.39 is 13.0 Å². The van der Waals surface area contributed by atoms with Gasteiger partial charge in [0.05, 0.1) is 24.0 Å². The molecule has 1 aromatic carbocycles. The van der Waals surface area contributed by atoms with Gasteiger partial charge in [-0.05, 0) is 0 Å². The van der Waals surface area contributed by atoms with E-state index in [9.17, 15) is 13.6 Å². The largest absolute Gasteiger partial charge is 0.356 e. The first-order valence-electron chi connectivity index (χ1n) is 7.21. The summed E-state index contributed by atoms with van der Waals surface area (Å²) in [5.74, 6) is 0.239. The van der Waals surface area contributed by atoms with E-state index in [1.165, 1.54) is 12.4 Å². The van der Waals surface area contributed by atoms with Crippen LogP contribution in [-0.4, -0.2) is 27.3 Å².